The predicted octanol–water partition coefficient (Wildman–Crippen LogP) is 8.48. The van der Waals surface area contributed by atoms with E-state index in [4.69, 9.17) is 38.6 Å². The van der Waals surface area contributed by atoms with Crippen LogP contribution in [0.1, 0.15) is 66.4 Å². The van der Waals surface area contributed by atoms with Gasteiger partial charge in [-0.3, -0.25) is 9.88 Å². The van der Waals surface area contributed by atoms with Gasteiger partial charge in [0.25, 0.3) is 0 Å². The molecular formula is C44H56F3N5O5Si. The molecule has 2 aromatic carbocycles. The molecule has 3 fully saturated rings. The molecule has 7 rings (SSSR count). The van der Waals surface area contributed by atoms with Crippen LogP contribution in [0.5, 0.6) is 11.8 Å². The van der Waals surface area contributed by atoms with Gasteiger partial charge in [-0.25, -0.2) is 13.2 Å². The highest BCUT2D eigenvalue weighted by Crippen LogP contribution is 2.44. The fourth-order valence-electron chi connectivity index (χ4n) is 9.81. The maximum absolute atomic E-state index is 17.6. The van der Waals surface area contributed by atoms with Crippen LogP contribution in [0, 0.1) is 23.1 Å². The first-order chi connectivity index (χ1) is 27.8. The summed E-state index contributed by atoms with van der Waals surface area (Å²) in [7, 11) is 0.835. The van der Waals surface area contributed by atoms with Crippen LogP contribution < -0.4 is 14.4 Å². The first-order valence-corrected chi connectivity index (χ1v) is 22.7. The molecule has 10 nitrogen and oxygen atoms in total. The number of aromatic nitrogens is 3. The van der Waals surface area contributed by atoms with Crippen LogP contribution >= 0.6 is 0 Å². The first-order valence-electron chi connectivity index (χ1n) is 20.5. The number of alkyl halides is 1. The molecule has 4 aromatic rings. The zero-order valence-electron chi connectivity index (χ0n) is 35.0. The molecule has 58 heavy (non-hydrogen) atoms. The van der Waals surface area contributed by atoms with E-state index >= 15 is 8.78 Å². The number of anilines is 1. The maximum Gasteiger partial charge on any atom is 0.319 e. The molecule has 3 atom stereocenters. The minimum absolute atomic E-state index is 0.0223. The standard InChI is InChI=1S/C44H56F3N5O5Si/c1-27(2)58(28(3)4,29(5)6)17-12-34-37(46)11-10-30-18-32(57-26-53-7)19-35(38(30)34)40-39(47)41-36(21-48-40)42(51-15-16-55-24-33(23-51)54-8)50-43(49-41)56-25-44-13-9-14-52(44)22-31(45)20-44/h10-11,18-19,21,27-29,31,33H,9,13-16,20,22-26H2,1-8H3/t31-,33?,44+/m1/s1. The van der Waals surface area contributed by atoms with Crippen molar-refractivity contribution in [3.63, 3.8) is 0 Å². The highest BCUT2D eigenvalue weighted by atomic mass is 28.3. The number of methoxy groups -OCH3 is 2. The normalized spacial score (nSPS) is 21.6. The molecule has 14 heteroatoms. The molecule has 0 bridgehead atoms. The zero-order valence-corrected chi connectivity index (χ0v) is 36.0. The quantitative estimate of drug-likeness (QED) is 0.0788. The largest absolute Gasteiger partial charge is 0.468 e. The summed E-state index contributed by atoms with van der Waals surface area (Å²) in [5.74, 6) is 2.88. The highest BCUT2D eigenvalue weighted by molar-refractivity contribution is 6.90. The Balaban J connectivity index is 1.43. The van der Waals surface area contributed by atoms with Gasteiger partial charge in [0.05, 0.1) is 35.8 Å². The monoisotopic (exact) mass is 819 g/mol. The van der Waals surface area contributed by atoms with Crippen molar-refractivity contribution in [2.24, 2.45) is 0 Å². The van der Waals surface area contributed by atoms with Crippen molar-refractivity contribution >= 4 is 35.6 Å². The van der Waals surface area contributed by atoms with Crippen molar-refractivity contribution in [2.75, 3.05) is 71.9 Å². The lowest BCUT2D eigenvalue weighted by Gasteiger charge is -2.38. The third-order valence-electron chi connectivity index (χ3n) is 12.6. The fourth-order valence-corrected chi connectivity index (χ4v) is 15.0. The van der Waals surface area contributed by atoms with Gasteiger partial charge in [0, 0.05) is 57.4 Å². The second kappa shape index (κ2) is 17.3. The number of rotatable bonds is 12. The van der Waals surface area contributed by atoms with E-state index in [0.717, 1.165) is 19.4 Å². The lowest BCUT2D eigenvalue weighted by molar-refractivity contribution is 0.0286. The Labute approximate surface area is 340 Å². The van der Waals surface area contributed by atoms with Gasteiger partial charge in [0.1, 0.15) is 49.4 Å². The summed E-state index contributed by atoms with van der Waals surface area (Å²) >= 11 is 0. The highest BCUT2D eigenvalue weighted by Gasteiger charge is 2.49. The van der Waals surface area contributed by atoms with E-state index in [1.807, 2.05) is 4.90 Å². The van der Waals surface area contributed by atoms with E-state index in [9.17, 15) is 4.39 Å². The number of benzene rings is 2. The molecule has 0 aliphatic carbocycles. The number of ether oxygens (including phenoxy) is 5. The molecule has 0 amide bonds. The van der Waals surface area contributed by atoms with Crippen LogP contribution in [-0.4, -0.2) is 113 Å². The van der Waals surface area contributed by atoms with E-state index in [2.05, 4.69) is 57.9 Å². The molecule has 3 aliphatic heterocycles. The fraction of sp³-hybridized carbons (Fsp3) is 0.568. The molecule has 312 valence electrons. The van der Waals surface area contributed by atoms with Crippen molar-refractivity contribution in [2.45, 2.75) is 95.2 Å². The van der Waals surface area contributed by atoms with Crippen molar-refractivity contribution in [3.8, 4) is 34.5 Å². The lowest BCUT2D eigenvalue weighted by Crippen LogP contribution is -2.43. The number of pyridine rings is 1. The summed E-state index contributed by atoms with van der Waals surface area (Å²) in [5.41, 5.74) is 4.53. The molecule has 3 saturated heterocycles. The Morgan fingerprint density at radius 3 is 2.50 bits per heavy atom. The Bertz CT molecular complexity index is 2180. The average Bonchev–Trinajstić information content (AvgIpc) is 3.60. The van der Waals surface area contributed by atoms with Crippen LogP contribution in [0.25, 0.3) is 32.9 Å². The number of hydrogen-bond acceptors (Lipinski definition) is 10. The summed E-state index contributed by atoms with van der Waals surface area (Å²) in [6.07, 6.45) is 2.44. The predicted molar refractivity (Wildman–Crippen MR) is 223 cm³/mol. The zero-order chi connectivity index (χ0) is 41.4. The molecular weight excluding hydrogens is 764 g/mol. The second-order valence-electron chi connectivity index (χ2n) is 16.9. The van der Waals surface area contributed by atoms with Crippen LogP contribution in [0.4, 0.5) is 19.0 Å². The number of hydrogen-bond donors (Lipinski definition) is 0. The van der Waals surface area contributed by atoms with Gasteiger partial charge in [-0.1, -0.05) is 53.5 Å². The van der Waals surface area contributed by atoms with E-state index < -0.39 is 31.4 Å². The van der Waals surface area contributed by atoms with Crippen LogP contribution in [0.3, 0.4) is 0 Å². The van der Waals surface area contributed by atoms with Gasteiger partial charge < -0.3 is 28.6 Å². The summed E-state index contributed by atoms with van der Waals surface area (Å²) in [6.45, 7) is 16.2. The smallest absolute Gasteiger partial charge is 0.319 e. The third-order valence-corrected chi connectivity index (χ3v) is 18.9. The summed E-state index contributed by atoms with van der Waals surface area (Å²) in [5, 5.41) is 1.38. The molecule has 0 spiro atoms. The van der Waals surface area contributed by atoms with Crippen molar-refractivity contribution in [1.82, 2.24) is 19.9 Å². The third kappa shape index (κ3) is 7.88. The first kappa shape index (κ1) is 42.1. The van der Waals surface area contributed by atoms with E-state index in [1.54, 1.807) is 31.5 Å². The van der Waals surface area contributed by atoms with Gasteiger partial charge in [0.2, 0.25) is 0 Å². The van der Waals surface area contributed by atoms with Crippen LogP contribution in [0.15, 0.2) is 30.5 Å². The van der Waals surface area contributed by atoms with Crippen LogP contribution in [-0.2, 0) is 14.2 Å². The Kier molecular flexibility index (Phi) is 12.6. The molecule has 0 saturated carbocycles. The number of halogens is 3. The van der Waals surface area contributed by atoms with Gasteiger partial charge in [0.15, 0.2) is 12.6 Å². The van der Waals surface area contributed by atoms with E-state index in [0.29, 0.717) is 89.2 Å². The second-order valence-corrected chi connectivity index (χ2v) is 22.5. The Hall–Kier alpha value is -4.00. The van der Waals surface area contributed by atoms with Gasteiger partial charge >= 0.3 is 6.01 Å². The van der Waals surface area contributed by atoms with Crippen molar-refractivity contribution < 1.29 is 36.9 Å². The topological polar surface area (TPSA) is 91.3 Å². The van der Waals surface area contributed by atoms with Gasteiger partial charge in [-0.05, 0) is 59.6 Å². The summed E-state index contributed by atoms with van der Waals surface area (Å²) < 4.78 is 77.5. The molecule has 5 heterocycles. The minimum atomic E-state index is -2.30. The molecule has 0 radical (unpaired) electrons. The molecule has 0 N–H and O–H groups in total. The van der Waals surface area contributed by atoms with Gasteiger partial charge in [-0.2, -0.15) is 9.97 Å². The van der Waals surface area contributed by atoms with Crippen molar-refractivity contribution in [1.29, 1.82) is 0 Å². The van der Waals surface area contributed by atoms with Crippen molar-refractivity contribution in [3.05, 3.63) is 47.7 Å². The maximum atomic E-state index is 17.6. The average molecular weight is 820 g/mol. The lowest BCUT2D eigenvalue weighted by atomic mass is 9.95. The summed E-state index contributed by atoms with van der Waals surface area (Å²) in [4.78, 5) is 18.4. The molecule has 3 aliphatic rings. The number of fused-ring (bicyclic) bond motifs is 3. The van der Waals surface area contributed by atoms with E-state index in [-0.39, 0.29) is 42.3 Å². The Morgan fingerprint density at radius 1 is 1.00 bits per heavy atom. The minimum Gasteiger partial charge on any atom is -0.468 e. The molecule has 1 unspecified atom stereocenters. The van der Waals surface area contributed by atoms with E-state index in [1.165, 1.54) is 13.2 Å². The number of nitrogens with zero attached hydrogens (tertiary/aromatic N) is 5. The molecule has 2 aromatic heterocycles. The van der Waals surface area contributed by atoms with Crippen LogP contribution in [0.2, 0.25) is 16.6 Å². The Morgan fingerprint density at radius 2 is 1.78 bits per heavy atom. The van der Waals surface area contributed by atoms with Gasteiger partial charge in [-0.15, -0.1) is 5.54 Å². The summed E-state index contributed by atoms with van der Waals surface area (Å²) in [6, 6.07) is 6.43. The SMILES string of the molecule is COCOc1cc(-c2ncc3c(N4CCOCC(OC)C4)nc(OC[C@@]45CCCN4C[C@H](F)C5)nc3c2F)c2c(C#C[Si](C(C)C)(C(C)C)C(C)C)c(F)ccc2c1.